The van der Waals surface area contributed by atoms with Gasteiger partial charge in [-0.05, 0) is 25.5 Å². The van der Waals surface area contributed by atoms with E-state index >= 15 is 0 Å². The lowest BCUT2D eigenvalue weighted by Gasteiger charge is -2.24. The Bertz CT molecular complexity index is 660. The summed E-state index contributed by atoms with van der Waals surface area (Å²) < 4.78 is 3.01. The third-order valence-electron chi connectivity index (χ3n) is 3.20. The molecular weight excluding hydrogens is 338 g/mol. The van der Waals surface area contributed by atoms with E-state index in [1.54, 1.807) is 0 Å². The molecule has 1 amide bonds. The van der Waals surface area contributed by atoms with Gasteiger partial charge in [0.05, 0.1) is 12.2 Å². The van der Waals surface area contributed by atoms with Crippen LogP contribution in [0.3, 0.4) is 0 Å². The molecule has 104 valence electrons. The average Bonchev–Trinajstić information content (AvgIpc) is 3.07. The number of carbonyl (C=O) groups is 1. The molecule has 3 rings (SSSR count). The predicted octanol–water partition coefficient (Wildman–Crippen LogP) is 3.37. The number of thiazole rings is 1. The predicted molar refractivity (Wildman–Crippen MR) is 83.7 cm³/mol. The van der Waals surface area contributed by atoms with E-state index in [1.807, 2.05) is 40.9 Å². The molecular formula is C14H14BrN3OS. The number of nitrogens with zero attached hydrogens (tertiary/aromatic N) is 3. The van der Waals surface area contributed by atoms with E-state index in [0.29, 0.717) is 6.54 Å². The smallest absolute Gasteiger partial charge is 0.266 e. The van der Waals surface area contributed by atoms with E-state index in [9.17, 15) is 4.79 Å². The van der Waals surface area contributed by atoms with Crippen LogP contribution in [-0.2, 0) is 0 Å². The zero-order chi connectivity index (χ0) is 14.1. The fourth-order valence-corrected chi connectivity index (χ4v) is 3.71. The summed E-state index contributed by atoms with van der Waals surface area (Å²) in [4.78, 5) is 19.7. The molecule has 2 aromatic heterocycles. The van der Waals surface area contributed by atoms with Gasteiger partial charge in [0.25, 0.3) is 5.91 Å². The van der Waals surface area contributed by atoms with Crippen LogP contribution in [0, 0.1) is 6.92 Å². The van der Waals surface area contributed by atoms with Crippen molar-refractivity contribution < 1.29 is 4.79 Å². The Hall–Kier alpha value is -1.40. The van der Waals surface area contributed by atoms with Gasteiger partial charge in [-0.3, -0.25) is 4.79 Å². The van der Waals surface area contributed by atoms with E-state index in [4.69, 9.17) is 0 Å². The summed E-state index contributed by atoms with van der Waals surface area (Å²) in [6, 6.07) is 3.90. The molecule has 0 radical (unpaired) electrons. The van der Waals surface area contributed by atoms with Crippen LogP contribution >= 0.6 is 27.3 Å². The van der Waals surface area contributed by atoms with Crippen molar-refractivity contribution >= 4 is 33.2 Å². The maximum atomic E-state index is 12.6. The van der Waals surface area contributed by atoms with Gasteiger partial charge >= 0.3 is 0 Å². The van der Waals surface area contributed by atoms with Gasteiger partial charge in [0.2, 0.25) is 0 Å². The second kappa shape index (κ2) is 5.54. The van der Waals surface area contributed by atoms with Gasteiger partial charge < -0.3 is 9.47 Å². The maximum Gasteiger partial charge on any atom is 0.266 e. The molecule has 0 aromatic carbocycles. The number of hydrogen-bond acceptors (Lipinski definition) is 3. The van der Waals surface area contributed by atoms with Crippen molar-refractivity contribution in [3.05, 3.63) is 45.7 Å². The lowest BCUT2D eigenvalue weighted by Crippen LogP contribution is -2.34. The number of aromatic nitrogens is 2. The SMILES string of the molecule is Cc1nc(-n2cccc2)sc1C(=O)N1CCC=C(Br)C1. The molecule has 0 spiro atoms. The Balaban J connectivity index is 1.87. The second-order valence-corrected chi connectivity index (χ2v) is 6.66. The Kier molecular flexibility index (Phi) is 3.76. The molecule has 2 aromatic rings. The number of hydrogen-bond donors (Lipinski definition) is 0. The zero-order valence-corrected chi connectivity index (χ0v) is 13.4. The first-order valence-corrected chi connectivity index (χ1v) is 8.00. The van der Waals surface area contributed by atoms with Crippen molar-refractivity contribution in [3.63, 3.8) is 0 Å². The molecule has 0 bridgehead atoms. The molecule has 0 saturated carbocycles. The Morgan fingerprint density at radius 2 is 2.15 bits per heavy atom. The summed E-state index contributed by atoms with van der Waals surface area (Å²) in [6.45, 7) is 3.31. The summed E-state index contributed by atoms with van der Waals surface area (Å²) >= 11 is 4.92. The molecule has 0 unspecified atom stereocenters. The van der Waals surface area contributed by atoms with Crippen LogP contribution in [0.25, 0.3) is 5.13 Å². The molecule has 0 aliphatic carbocycles. The first-order valence-electron chi connectivity index (χ1n) is 6.40. The van der Waals surface area contributed by atoms with E-state index < -0.39 is 0 Å². The van der Waals surface area contributed by atoms with Crippen molar-refractivity contribution in [2.24, 2.45) is 0 Å². The maximum absolute atomic E-state index is 12.6. The number of amides is 1. The van der Waals surface area contributed by atoms with Crippen LogP contribution in [0.1, 0.15) is 21.8 Å². The largest absolute Gasteiger partial charge is 0.333 e. The van der Waals surface area contributed by atoms with Gasteiger partial charge in [0, 0.05) is 23.4 Å². The van der Waals surface area contributed by atoms with Gasteiger partial charge in [-0.15, -0.1) is 0 Å². The Morgan fingerprint density at radius 3 is 2.85 bits per heavy atom. The molecule has 20 heavy (non-hydrogen) atoms. The highest BCUT2D eigenvalue weighted by molar-refractivity contribution is 9.11. The van der Waals surface area contributed by atoms with Crippen molar-refractivity contribution in [1.82, 2.24) is 14.5 Å². The molecule has 1 aliphatic rings. The number of rotatable bonds is 2. The van der Waals surface area contributed by atoms with Gasteiger partial charge in [0.15, 0.2) is 5.13 Å². The molecule has 1 aliphatic heterocycles. The number of carbonyl (C=O) groups excluding carboxylic acids is 1. The molecule has 0 saturated heterocycles. The fraction of sp³-hybridized carbons (Fsp3) is 0.286. The standard InChI is InChI=1S/C14H14BrN3OS/c1-10-12(13(19)18-8-4-5-11(15)9-18)20-14(16-10)17-6-2-3-7-17/h2-3,5-7H,4,8-9H2,1H3. The highest BCUT2D eigenvalue weighted by atomic mass is 79.9. The fourth-order valence-electron chi connectivity index (χ4n) is 2.17. The van der Waals surface area contributed by atoms with E-state index in [-0.39, 0.29) is 5.91 Å². The quantitative estimate of drug-likeness (QED) is 0.831. The lowest BCUT2D eigenvalue weighted by atomic mass is 10.2. The summed E-state index contributed by atoms with van der Waals surface area (Å²) in [7, 11) is 0. The van der Waals surface area contributed by atoms with Gasteiger partial charge in [-0.1, -0.05) is 33.3 Å². The summed E-state index contributed by atoms with van der Waals surface area (Å²) in [5.74, 6) is 0.0726. The van der Waals surface area contributed by atoms with Crippen molar-refractivity contribution in [2.75, 3.05) is 13.1 Å². The lowest BCUT2D eigenvalue weighted by molar-refractivity contribution is 0.0773. The minimum Gasteiger partial charge on any atom is -0.333 e. The van der Waals surface area contributed by atoms with Crippen LogP contribution in [0.15, 0.2) is 35.1 Å². The highest BCUT2D eigenvalue weighted by Gasteiger charge is 2.23. The monoisotopic (exact) mass is 351 g/mol. The van der Waals surface area contributed by atoms with E-state index in [0.717, 1.165) is 33.2 Å². The first-order chi connectivity index (χ1) is 9.65. The van der Waals surface area contributed by atoms with Crippen molar-refractivity contribution in [3.8, 4) is 5.13 Å². The minimum absolute atomic E-state index is 0.0726. The van der Waals surface area contributed by atoms with Crippen LogP contribution in [0.2, 0.25) is 0 Å². The summed E-state index contributed by atoms with van der Waals surface area (Å²) in [5, 5.41) is 0.836. The van der Waals surface area contributed by atoms with E-state index in [1.165, 1.54) is 11.3 Å². The normalized spacial score (nSPS) is 15.3. The van der Waals surface area contributed by atoms with Crippen LogP contribution in [-0.4, -0.2) is 33.4 Å². The average molecular weight is 352 g/mol. The third kappa shape index (κ3) is 2.58. The molecule has 4 nitrogen and oxygen atoms in total. The molecule has 0 atom stereocenters. The van der Waals surface area contributed by atoms with Crippen LogP contribution in [0.4, 0.5) is 0 Å². The topological polar surface area (TPSA) is 38.1 Å². The van der Waals surface area contributed by atoms with Crippen LogP contribution in [0.5, 0.6) is 0 Å². The van der Waals surface area contributed by atoms with Crippen LogP contribution < -0.4 is 0 Å². The Morgan fingerprint density at radius 1 is 1.40 bits per heavy atom. The van der Waals surface area contributed by atoms with Crippen molar-refractivity contribution in [1.29, 1.82) is 0 Å². The third-order valence-corrected chi connectivity index (χ3v) is 4.93. The second-order valence-electron chi connectivity index (χ2n) is 4.67. The summed E-state index contributed by atoms with van der Waals surface area (Å²) in [5.41, 5.74) is 0.800. The molecule has 0 fully saturated rings. The zero-order valence-electron chi connectivity index (χ0n) is 11.0. The molecule has 0 N–H and O–H groups in total. The molecule has 3 heterocycles. The summed E-state index contributed by atoms with van der Waals surface area (Å²) in [6.07, 6.45) is 6.89. The van der Waals surface area contributed by atoms with Gasteiger partial charge in [-0.25, -0.2) is 4.98 Å². The van der Waals surface area contributed by atoms with Gasteiger partial charge in [0.1, 0.15) is 4.88 Å². The molecule has 6 heteroatoms. The van der Waals surface area contributed by atoms with E-state index in [2.05, 4.69) is 27.0 Å². The number of aryl methyl sites for hydroxylation is 1. The van der Waals surface area contributed by atoms with Crippen molar-refractivity contribution in [2.45, 2.75) is 13.3 Å². The number of halogens is 1. The highest BCUT2D eigenvalue weighted by Crippen LogP contribution is 2.25. The first kappa shape index (κ1) is 13.6. The minimum atomic E-state index is 0.0726. The Labute approximate surface area is 129 Å². The van der Waals surface area contributed by atoms with Gasteiger partial charge in [-0.2, -0.15) is 0 Å².